The van der Waals surface area contributed by atoms with Crippen LogP contribution in [0, 0.1) is 0 Å². The molecule has 1 aromatic rings. The molecule has 0 radical (unpaired) electrons. The topological polar surface area (TPSA) is 53.7 Å². The molecule has 1 aromatic carbocycles. The van der Waals surface area contributed by atoms with Gasteiger partial charge in [0.15, 0.2) is 6.29 Å². The largest absolute Gasteiger partial charge is 0.497 e. The molecule has 88 valence electrons. The normalized spacial score (nSPS) is 24.7. The van der Waals surface area contributed by atoms with Crippen molar-refractivity contribution in [1.29, 1.82) is 0 Å². The summed E-state index contributed by atoms with van der Waals surface area (Å²) in [6, 6.07) is 5.69. The minimum Gasteiger partial charge on any atom is -0.497 e. The summed E-state index contributed by atoms with van der Waals surface area (Å²) in [4.78, 5) is 0. The summed E-state index contributed by atoms with van der Waals surface area (Å²) >= 11 is 3.46. The van der Waals surface area contributed by atoms with Gasteiger partial charge in [0, 0.05) is 16.6 Å². The smallest absolute Gasteiger partial charge is 0.185 e. The van der Waals surface area contributed by atoms with Crippen LogP contribution in [-0.2, 0) is 9.47 Å². The van der Waals surface area contributed by atoms with Crippen LogP contribution >= 0.6 is 15.9 Å². The summed E-state index contributed by atoms with van der Waals surface area (Å²) in [5.74, 6) is 0.779. The van der Waals surface area contributed by atoms with Gasteiger partial charge in [0.1, 0.15) is 5.75 Å². The zero-order valence-corrected chi connectivity index (χ0v) is 10.6. The van der Waals surface area contributed by atoms with Crippen molar-refractivity contribution < 1.29 is 14.2 Å². The Morgan fingerprint density at radius 2 is 2.38 bits per heavy atom. The first-order valence-corrected chi connectivity index (χ1v) is 5.84. The van der Waals surface area contributed by atoms with Gasteiger partial charge in [0.05, 0.1) is 19.8 Å². The number of benzene rings is 1. The van der Waals surface area contributed by atoms with Gasteiger partial charge in [-0.2, -0.15) is 0 Å². The minimum absolute atomic E-state index is 0.0249. The van der Waals surface area contributed by atoms with Gasteiger partial charge in [-0.15, -0.1) is 0 Å². The van der Waals surface area contributed by atoms with Crippen molar-refractivity contribution in [2.75, 3.05) is 20.3 Å². The predicted octanol–water partition coefficient (Wildman–Crippen LogP) is 1.83. The van der Waals surface area contributed by atoms with Crippen molar-refractivity contribution >= 4 is 15.9 Å². The molecule has 2 rings (SSSR count). The highest BCUT2D eigenvalue weighted by Gasteiger charge is 2.27. The van der Waals surface area contributed by atoms with Crippen LogP contribution in [0.2, 0.25) is 0 Å². The molecular weight excluding hydrogens is 274 g/mol. The molecule has 1 aliphatic rings. The molecule has 2 unspecified atom stereocenters. The number of halogens is 1. The van der Waals surface area contributed by atoms with E-state index in [1.54, 1.807) is 7.11 Å². The monoisotopic (exact) mass is 287 g/mol. The molecule has 0 amide bonds. The molecule has 4 nitrogen and oxygen atoms in total. The van der Waals surface area contributed by atoms with E-state index in [0.29, 0.717) is 13.2 Å². The average molecular weight is 288 g/mol. The van der Waals surface area contributed by atoms with Crippen LogP contribution in [0.5, 0.6) is 5.75 Å². The summed E-state index contributed by atoms with van der Waals surface area (Å²) < 4.78 is 17.3. The van der Waals surface area contributed by atoms with Crippen LogP contribution in [0.4, 0.5) is 0 Å². The lowest BCUT2D eigenvalue weighted by Crippen LogP contribution is -2.21. The lowest BCUT2D eigenvalue weighted by Gasteiger charge is -2.13. The molecular formula is C11H14BrNO3. The van der Waals surface area contributed by atoms with E-state index in [-0.39, 0.29) is 12.4 Å². The molecule has 1 heterocycles. The third-order valence-electron chi connectivity index (χ3n) is 2.47. The van der Waals surface area contributed by atoms with E-state index < -0.39 is 0 Å². The Hall–Kier alpha value is -0.620. The Bertz CT molecular complexity index is 372. The van der Waals surface area contributed by atoms with E-state index in [2.05, 4.69) is 15.9 Å². The third-order valence-corrected chi connectivity index (χ3v) is 3.19. The molecule has 0 aliphatic carbocycles. The van der Waals surface area contributed by atoms with Crippen LogP contribution in [0.15, 0.2) is 22.7 Å². The first-order chi connectivity index (χ1) is 7.74. The minimum atomic E-state index is -0.363. The number of nitrogens with two attached hydrogens (primary N) is 1. The van der Waals surface area contributed by atoms with Gasteiger partial charge in [0.25, 0.3) is 0 Å². The van der Waals surface area contributed by atoms with E-state index in [1.807, 2.05) is 18.2 Å². The van der Waals surface area contributed by atoms with Crippen LogP contribution in [0.3, 0.4) is 0 Å². The van der Waals surface area contributed by atoms with Crippen molar-refractivity contribution in [3.63, 3.8) is 0 Å². The van der Waals surface area contributed by atoms with Crippen molar-refractivity contribution in [2.24, 2.45) is 5.73 Å². The van der Waals surface area contributed by atoms with Crippen molar-refractivity contribution in [1.82, 2.24) is 0 Å². The fraction of sp³-hybridized carbons (Fsp3) is 0.455. The van der Waals surface area contributed by atoms with Gasteiger partial charge in [-0.05, 0) is 18.2 Å². The number of hydrogen-bond acceptors (Lipinski definition) is 4. The fourth-order valence-electron chi connectivity index (χ4n) is 1.56. The van der Waals surface area contributed by atoms with E-state index >= 15 is 0 Å². The fourth-order valence-corrected chi connectivity index (χ4v) is 2.00. The Morgan fingerprint density at radius 1 is 1.56 bits per heavy atom. The molecule has 0 aromatic heterocycles. The number of methoxy groups -OCH3 is 1. The molecule has 2 N–H and O–H groups in total. The van der Waals surface area contributed by atoms with E-state index in [0.717, 1.165) is 15.8 Å². The van der Waals surface area contributed by atoms with Gasteiger partial charge >= 0.3 is 0 Å². The second-order valence-corrected chi connectivity index (χ2v) is 4.40. The molecule has 1 fully saturated rings. The van der Waals surface area contributed by atoms with Gasteiger partial charge < -0.3 is 19.9 Å². The summed E-state index contributed by atoms with van der Waals surface area (Å²) in [6.45, 7) is 1.00. The highest BCUT2D eigenvalue weighted by atomic mass is 79.9. The maximum Gasteiger partial charge on any atom is 0.185 e. The van der Waals surface area contributed by atoms with Crippen LogP contribution in [0.1, 0.15) is 11.9 Å². The first-order valence-electron chi connectivity index (χ1n) is 5.05. The summed E-state index contributed by atoms with van der Waals surface area (Å²) in [6.07, 6.45) is -0.388. The molecule has 0 saturated carbocycles. The highest BCUT2D eigenvalue weighted by Crippen LogP contribution is 2.34. The zero-order valence-electron chi connectivity index (χ0n) is 8.98. The predicted molar refractivity (Wildman–Crippen MR) is 63.3 cm³/mol. The Labute approximate surface area is 103 Å². The molecule has 0 spiro atoms. The Morgan fingerprint density at radius 3 is 3.00 bits per heavy atom. The molecule has 0 bridgehead atoms. The molecule has 2 atom stereocenters. The van der Waals surface area contributed by atoms with Crippen molar-refractivity contribution in [3.8, 4) is 5.75 Å². The number of hydrogen-bond donors (Lipinski definition) is 1. The van der Waals surface area contributed by atoms with Crippen LogP contribution < -0.4 is 10.5 Å². The number of rotatable bonds is 3. The maximum absolute atomic E-state index is 5.64. The third kappa shape index (κ3) is 2.38. The van der Waals surface area contributed by atoms with Crippen molar-refractivity contribution in [3.05, 3.63) is 28.2 Å². The van der Waals surface area contributed by atoms with Gasteiger partial charge in [-0.3, -0.25) is 0 Å². The zero-order chi connectivity index (χ0) is 11.5. The lowest BCUT2D eigenvalue weighted by atomic mass is 10.2. The van der Waals surface area contributed by atoms with Gasteiger partial charge in [0.2, 0.25) is 0 Å². The standard InChI is InChI=1S/C11H14BrNO3/c1-14-7-2-3-10(12)9(4-7)11-15-6-8(5-13)16-11/h2-4,8,11H,5-6,13H2,1H3. The Balaban J connectivity index is 2.20. The van der Waals surface area contributed by atoms with Crippen LogP contribution in [0.25, 0.3) is 0 Å². The summed E-state index contributed by atoms with van der Waals surface area (Å²) in [7, 11) is 1.63. The molecule has 5 heteroatoms. The van der Waals surface area contributed by atoms with Crippen LogP contribution in [-0.4, -0.2) is 26.4 Å². The van der Waals surface area contributed by atoms with Crippen molar-refractivity contribution in [2.45, 2.75) is 12.4 Å². The number of ether oxygens (including phenoxy) is 3. The second-order valence-electron chi connectivity index (χ2n) is 3.55. The molecule has 1 saturated heterocycles. The average Bonchev–Trinajstić information content (AvgIpc) is 2.78. The van der Waals surface area contributed by atoms with E-state index in [1.165, 1.54) is 0 Å². The lowest BCUT2D eigenvalue weighted by molar-refractivity contribution is -0.0591. The summed E-state index contributed by atoms with van der Waals surface area (Å²) in [5.41, 5.74) is 6.45. The highest BCUT2D eigenvalue weighted by molar-refractivity contribution is 9.10. The van der Waals surface area contributed by atoms with Gasteiger partial charge in [-0.25, -0.2) is 0 Å². The quantitative estimate of drug-likeness (QED) is 0.922. The van der Waals surface area contributed by atoms with E-state index in [4.69, 9.17) is 19.9 Å². The maximum atomic E-state index is 5.64. The molecule has 16 heavy (non-hydrogen) atoms. The first kappa shape index (κ1) is 11.9. The summed E-state index contributed by atoms with van der Waals surface area (Å²) in [5, 5.41) is 0. The van der Waals surface area contributed by atoms with E-state index in [9.17, 15) is 0 Å². The SMILES string of the molecule is COc1ccc(Br)c(C2OCC(CN)O2)c1. The molecule has 1 aliphatic heterocycles. The van der Waals surface area contributed by atoms with Gasteiger partial charge in [-0.1, -0.05) is 15.9 Å². The second kappa shape index (κ2) is 5.14. The Kier molecular flexibility index (Phi) is 3.81.